The molecule has 6 heteroatoms. The van der Waals surface area contributed by atoms with Crippen LogP contribution in [0.1, 0.15) is 11.7 Å². The second kappa shape index (κ2) is 4.47. The molecule has 0 aliphatic carbocycles. The fourth-order valence-electron chi connectivity index (χ4n) is 1.15. The molecule has 0 aromatic heterocycles. The molecule has 0 amide bonds. The average molecular weight is 253 g/mol. The van der Waals surface area contributed by atoms with E-state index in [-0.39, 0.29) is 10.6 Å². The van der Waals surface area contributed by atoms with Gasteiger partial charge in [0, 0.05) is 16.8 Å². The minimum absolute atomic E-state index is 0.0853. The fourth-order valence-corrected chi connectivity index (χ4v) is 2.14. The lowest BCUT2D eigenvalue weighted by Crippen LogP contribution is -2.13. The molecule has 1 rings (SSSR count). The van der Waals surface area contributed by atoms with Crippen LogP contribution in [0.2, 0.25) is 5.02 Å². The standard InChI is InChI=1S/C9H10ClFO3S/c1-15(13,14)5-9(12)7-4-6(11)2-3-8(7)10/h2-4,9,12H,5H2,1H3. The Morgan fingerprint density at radius 2 is 2.13 bits per heavy atom. The highest BCUT2D eigenvalue weighted by Crippen LogP contribution is 2.24. The molecule has 84 valence electrons. The van der Waals surface area contributed by atoms with Crippen molar-refractivity contribution in [2.45, 2.75) is 6.10 Å². The highest BCUT2D eigenvalue weighted by molar-refractivity contribution is 7.90. The van der Waals surface area contributed by atoms with Crippen molar-refractivity contribution >= 4 is 21.4 Å². The third-order valence-corrected chi connectivity index (χ3v) is 3.04. The van der Waals surface area contributed by atoms with Gasteiger partial charge in [-0.05, 0) is 18.2 Å². The van der Waals surface area contributed by atoms with Crippen molar-refractivity contribution in [1.82, 2.24) is 0 Å². The van der Waals surface area contributed by atoms with Gasteiger partial charge in [-0.2, -0.15) is 0 Å². The molecule has 1 atom stereocenters. The van der Waals surface area contributed by atoms with Crippen LogP contribution in [-0.4, -0.2) is 25.5 Å². The number of aliphatic hydroxyl groups is 1. The van der Waals surface area contributed by atoms with Gasteiger partial charge in [0.1, 0.15) is 15.7 Å². The number of aliphatic hydroxyl groups excluding tert-OH is 1. The predicted octanol–water partition coefficient (Wildman–Crippen LogP) is 1.56. The Labute approximate surface area is 92.4 Å². The van der Waals surface area contributed by atoms with Gasteiger partial charge in [-0.25, -0.2) is 12.8 Å². The van der Waals surface area contributed by atoms with Gasteiger partial charge in [0.2, 0.25) is 0 Å². The van der Waals surface area contributed by atoms with Gasteiger partial charge in [0.25, 0.3) is 0 Å². The number of halogens is 2. The number of hydrogen-bond donors (Lipinski definition) is 1. The van der Waals surface area contributed by atoms with Gasteiger partial charge < -0.3 is 5.11 Å². The summed E-state index contributed by atoms with van der Waals surface area (Å²) in [7, 11) is -3.33. The summed E-state index contributed by atoms with van der Waals surface area (Å²) in [6.45, 7) is 0. The zero-order valence-electron chi connectivity index (χ0n) is 7.94. The Bertz CT molecular complexity index is 458. The van der Waals surface area contributed by atoms with Crippen LogP contribution in [0.5, 0.6) is 0 Å². The maximum absolute atomic E-state index is 12.8. The van der Waals surface area contributed by atoms with E-state index in [2.05, 4.69) is 0 Å². The average Bonchev–Trinajstić information content (AvgIpc) is 2.06. The molecule has 0 bridgehead atoms. The summed E-state index contributed by atoms with van der Waals surface area (Å²) in [6.07, 6.45) is -0.313. The number of rotatable bonds is 3. The van der Waals surface area contributed by atoms with E-state index in [0.29, 0.717) is 0 Å². The van der Waals surface area contributed by atoms with Crippen molar-refractivity contribution in [3.8, 4) is 0 Å². The first kappa shape index (κ1) is 12.4. The maximum atomic E-state index is 12.8. The molecule has 1 aromatic carbocycles. The Balaban J connectivity index is 3.00. The number of sulfone groups is 1. The van der Waals surface area contributed by atoms with Crippen molar-refractivity contribution in [2.24, 2.45) is 0 Å². The van der Waals surface area contributed by atoms with E-state index in [9.17, 15) is 17.9 Å². The van der Waals surface area contributed by atoms with Gasteiger partial charge in [0.15, 0.2) is 0 Å². The highest BCUT2D eigenvalue weighted by atomic mass is 35.5. The molecule has 0 aliphatic heterocycles. The monoisotopic (exact) mass is 252 g/mol. The van der Waals surface area contributed by atoms with Crippen LogP contribution in [0.3, 0.4) is 0 Å². The zero-order valence-corrected chi connectivity index (χ0v) is 9.52. The zero-order chi connectivity index (χ0) is 11.6. The van der Waals surface area contributed by atoms with Crippen LogP contribution in [-0.2, 0) is 9.84 Å². The van der Waals surface area contributed by atoms with Crippen molar-refractivity contribution in [3.05, 3.63) is 34.6 Å². The molecule has 0 heterocycles. The normalized spacial score (nSPS) is 13.9. The minimum Gasteiger partial charge on any atom is -0.387 e. The third kappa shape index (κ3) is 3.77. The molecule has 0 radical (unpaired) electrons. The van der Waals surface area contributed by atoms with Crippen LogP contribution in [0.25, 0.3) is 0 Å². The Morgan fingerprint density at radius 3 is 2.67 bits per heavy atom. The van der Waals surface area contributed by atoms with Crippen molar-refractivity contribution < 1.29 is 17.9 Å². The summed E-state index contributed by atoms with van der Waals surface area (Å²) in [6, 6.07) is 3.44. The van der Waals surface area contributed by atoms with E-state index in [1.807, 2.05) is 0 Å². The van der Waals surface area contributed by atoms with E-state index in [1.54, 1.807) is 0 Å². The molecule has 1 aromatic rings. The summed E-state index contributed by atoms with van der Waals surface area (Å²) >= 11 is 5.70. The molecule has 0 spiro atoms. The molecule has 3 nitrogen and oxygen atoms in total. The van der Waals surface area contributed by atoms with Crippen LogP contribution in [0.15, 0.2) is 18.2 Å². The summed E-state index contributed by atoms with van der Waals surface area (Å²) in [5, 5.41) is 9.68. The number of hydrogen-bond acceptors (Lipinski definition) is 3. The molecular formula is C9H10ClFO3S. The van der Waals surface area contributed by atoms with Crippen molar-refractivity contribution in [1.29, 1.82) is 0 Å². The van der Waals surface area contributed by atoms with Gasteiger partial charge in [0.05, 0.1) is 11.9 Å². The van der Waals surface area contributed by atoms with Crippen molar-refractivity contribution in [3.63, 3.8) is 0 Å². The van der Waals surface area contributed by atoms with E-state index >= 15 is 0 Å². The molecule has 0 saturated carbocycles. The summed E-state index contributed by atoms with van der Waals surface area (Å²) in [5.74, 6) is -1.04. The topological polar surface area (TPSA) is 54.4 Å². The van der Waals surface area contributed by atoms with Crippen LogP contribution in [0, 0.1) is 5.82 Å². The summed E-state index contributed by atoms with van der Waals surface area (Å²) < 4.78 is 34.6. The molecule has 0 saturated heterocycles. The second-order valence-corrected chi connectivity index (χ2v) is 5.87. The van der Waals surface area contributed by atoms with Gasteiger partial charge in [-0.3, -0.25) is 0 Å². The minimum atomic E-state index is -3.33. The molecule has 0 aliphatic rings. The molecule has 1 unspecified atom stereocenters. The van der Waals surface area contributed by atoms with Crippen LogP contribution in [0.4, 0.5) is 4.39 Å². The van der Waals surface area contributed by atoms with Crippen molar-refractivity contribution in [2.75, 3.05) is 12.0 Å². The lowest BCUT2D eigenvalue weighted by atomic mass is 10.1. The van der Waals surface area contributed by atoms with Crippen LogP contribution < -0.4 is 0 Å². The Morgan fingerprint density at radius 1 is 1.53 bits per heavy atom. The lowest BCUT2D eigenvalue weighted by Gasteiger charge is -2.11. The number of benzene rings is 1. The van der Waals surface area contributed by atoms with Gasteiger partial charge >= 0.3 is 0 Å². The summed E-state index contributed by atoms with van der Waals surface area (Å²) in [4.78, 5) is 0. The molecule has 1 N–H and O–H groups in total. The largest absolute Gasteiger partial charge is 0.387 e. The second-order valence-electron chi connectivity index (χ2n) is 3.27. The molecule has 15 heavy (non-hydrogen) atoms. The Hall–Kier alpha value is -0.650. The van der Waals surface area contributed by atoms with Gasteiger partial charge in [-0.15, -0.1) is 0 Å². The maximum Gasteiger partial charge on any atom is 0.150 e. The van der Waals surface area contributed by atoms with E-state index < -0.39 is 27.5 Å². The van der Waals surface area contributed by atoms with Crippen LogP contribution >= 0.6 is 11.6 Å². The molecular weight excluding hydrogens is 243 g/mol. The first-order valence-electron chi connectivity index (χ1n) is 4.10. The first-order chi connectivity index (χ1) is 6.79. The van der Waals surface area contributed by atoms with E-state index in [0.717, 1.165) is 18.4 Å². The highest BCUT2D eigenvalue weighted by Gasteiger charge is 2.17. The molecule has 0 fully saturated rings. The Kier molecular flexibility index (Phi) is 3.70. The van der Waals surface area contributed by atoms with Gasteiger partial charge in [-0.1, -0.05) is 11.6 Å². The van der Waals surface area contributed by atoms with E-state index in [1.165, 1.54) is 6.07 Å². The first-order valence-corrected chi connectivity index (χ1v) is 6.54. The lowest BCUT2D eigenvalue weighted by molar-refractivity contribution is 0.201. The van der Waals surface area contributed by atoms with E-state index in [4.69, 9.17) is 11.6 Å². The SMILES string of the molecule is CS(=O)(=O)CC(O)c1cc(F)ccc1Cl. The fraction of sp³-hybridized carbons (Fsp3) is 0.333. The smallest absolute Gasteiger partial charge is 0.150 e. The third-order valence-electron chi connectivity index (χ3n) is 1.78. The quantitative estimate of drug-likeness (QED) is 0.888. The summed E-state index contributed by atoms with van der Waals surface area (Å²) in [5.41, 5.74) is 0.0853. The predicted molar refractivity (Wildman–Crippen MR) is 56.1 cm³/mol.